The second kappa shape index (κ2) is 12.7. The van der Waals surface area contributed by atoms with E-state index in [2.05, 4.69) is 181 Å². The van der Waals surface area contributed by atoms with Gasteiger partial charge in [-0.3, -0.25) is 0 Å². The van der Waals surface area contributed by atoms with Crippen molar-refractivity contribution >= 4 is 44.6 Å². The molecule has 0 bridgehead atoms. The maximum atomic E-state index is 10.5. The van der Waals surface area contributed by atoms with Gasteiger partial charge >= 0.3 is 0 Å². The maximum absolute atomic E-state index is 10.5. The van der Waals surface area contributed by atoms with E-state index in [1.807, 2.05) is 12.1 Å². The molecule has 8 aromatic carbocycles. The summed E-state index contributed by atoms with van der Waals surface area (Å²) in [5, 5.41) is 15.1. The molecular weight excluding hydrogens is 693 g/mol. The highest BCUT2D eigenvalue weighted by Gasteiger charge is 2.41. The van der Waals surface area contributed by atoms with Gasteiger partial charge in [-0.05, 0) is 130 Å². The van der Waals surface area contributed by atoms with Gasteiger partial charge in [-0.2, -0.15) is 5.26 Å². The number of hydrogen-bond acceptors (Lipinski definition) is 3. The van der Waals surface area contributed by atoms with E-state index >= 15 is 0 Å². The molecule has 0 amide bonds. The standard InChI is InChI=1S/C53H42BNO2/c1-52(2,3)37-20-22-45-43(29-37)54-44-30-38(53(4,5)6)21-23-46(44)57-48-28-35(27-47(56-45)51(48)54)34-24-32(31-55)25-36(26-34)50-41-18-12-10-16-39(41)49(33-14-8-7-9-15-33)40-17-11-13-19-42(40)50/h7-30H,1-6H3. The van der Waals surface area contributed by atoms with Crippen LogP contribution >= 0.6 is 0 Å². The molecular formula is C53H42BNO2. The fourth-order valence-electron chi connectivity index (χ4n) is 8.96. The van der Waals surface area contributed by atoms with Gasteiger partial charge in [0, 0.05) is 5.46 Å². The van der Waals surface area contributed by atoms with Gasteiger partial charge in [0.15, 0.2) is 0 Å². The Hall–Kier alpha value is -6.57. The van der Waals surface area contributed by atoms with E-state index in [4.69, 9.17) is 9.47 Å². The van der Waals surface area contributed by atoms with E-state index in [1.54, 1.807) is 0 Å². The van der Waals surface area contributed by atoms with Crippen LogP contribution in [0.25, 0.3) is 54.9 Å². The summed E-state index contributed by atoms with van der Waals surface area (Å²) in [4.78, 5) is 0. The van der Waals surface area contributed by atoms with Crippen molar-refractivity contribution in [3.63, 3.8) is 0 Å². The van der Waals surface area contributed by atoms with Gasteiger partial charge in [-0.15, -0.1) is 0 Å². The van der Waals surface area contributed by atoms with Gasteiger partial charge in [-0.25, -0.2) is 0 Å². The minimum Gasteiger partial charge on any atom is -0.458 e. The number of nitrogens with zero attached hydrogens (tertiary/aromatic N) is 1. The van der Waals surface area contributed by atoms with Gasteiger partial charge in [0.25, 0.3) is 6.71 Å². The van der Waals surface area contributed by atoms with Gasteiger partial charge in [0.1, 0.15) is 23.0 Å². The predicted octanol–water partition coefficient (Wildman–Crippen LogP) is 12.2. The molecule has 0 fully saturated rings. The molecule has 0 spiro atoms. The first kappa shape index (κ1) is 34.9. The fourth-order valence-corrected chi connectivity index (χ4v) is 8.96. The number of ether oxygens (including phenoxy) is 2. The van der Waals surface area contributed by atoms with Crippen molar-refractivity contribution < 1.29 is 9.47 Å². The SMILES string of the molecule is CC(C)(C)c1ccc2c(c1)B1c3cc(C(C)(C)C)ccc3Oc3cc(-c4cc(C#N)cc(-c5c6ccccc6c(-c6ccccc6)c6ccccc56)c4)cc(c31)O2. The topological polar surface area (TPSA) is 42.2 Å². The van der Waals surface area contributed by atoms with E-state index in [0.717, 1.165) is 72.4 Å². The van der Waals surface area contributed by atoms with E-state index in [-0.39, 0.29) is 17.5 Å². The fraction of sp³-hybridized carbons (Fsp3) is 0.151. The first-order chi connectivity index (χ1) is 27.5. The summed E-state index contributed by atoms with van der Waals surface area (Å²) in [5.74, 6) is 3.28. The molecule has 2 aliphatic rings. The van der Waals surface area contributed by atoms with Gasteiger partial charge in [-0.1, -0.05) is 145 Å². The summed E-state index contributed by atoms with van der Waals surface area (Å²) in [6.07, 6.45) is 0. The number of fused-ring (bicyclic) bond motifs is 6. The Balaban J connectivity index is 1.19. The highest BCUT2D eigenvalue weighted by atomic mass is 16.5. The second-order valence-electron chi connectivity index (χ2n) is 17.6. The molecule has 2 aliphatic heterocycles. The Morgan fingerprint density at radius 2 is 0.877 bits per heavy atom. The van der Waals surface area contributed by atoms with Crippen LogP contribution in [-0.4, -0.2) is 6.71 Å². The van der Waals surface area contributed by atoms with Crippen LogP contribution in [0.2, 0.25) is 0 Å². The molecule has 0 unspecified atom stereocenters. The number of nitriles is 1. The van der Waals surface area contributed by atoms with Crippen LogP contribution in [0.15, 0.2) is 146 Å². The lowest BCUT2D eigenvalue weighted by Crippen LogP contribution is -2.57. The molecule has 4 heteroatoms. The van der Waals surface area contributed by atoms with Crippen molar-refractivity contribution in [1.29, 1.82) is 5.26 Å². The van der Waals surface area contributed by atoms with Gasteiger partial charge in [0.05, 0.1) is 11.6 Å². The third-order valence-electron chi connectivity index (χ3n) is 11.9. The lowest BCUT2D eigenvalue weighted by atomic mass is 9.34. The zero-order valence-electron chi connectivity index (χ0n) is 33.2. The van der Waals surface area contributed by atoms with Gasteiger partial charge < -0.3 is 9.47 Å². The van der Waals surface area contributed by atoms with Crippen molar-refractivity contribution in [2.45, 2.75) is 52.4 Å². The Bertz CT molecular complexity index is 2850. The smallest absolute Gasteiger partial charge is 0.260 e. The van der Waals surface area contributed by atoms with Crippen LogP contribution in [0.3, 0.4) is 0 Å². The Kier molecular flexibility index (Phi) is 7.79. The Morgan fingerprint density at radius 1 is 0.439 bits per heavy atom. The van der Waals surface area contributed by atoms with Gasteiger partial charge in [0.2, 0.25) is 0 Å². The molecule has 0 saturated carbocycles. The maximum Gasteiger partial charge on any atom is 0.260 e. The third-order valence-corrected chi connectivity index (χ3v) is 11.9. The molecule has 0 aromatic heterocycles. The van der Waals surface area contributed by atoms with Crippen LogP contribution in [0, 0.1) is 11.3 Å². The molecule has 0 saturated heterocycles. The molecule has 2 heterocycles. The Morgan fingerprint density at radius 3 is 1.35 bits per heavy atom. The molecule has 0 atom stereocenters. The molecule has 8 aromatic rings. The van der Waals surface area contributed by atoms with Crippen LogP contribution < -0.4 is 25.9 Å². The van der Waals surface area contributed by atoms with Crippen molar-refractivity contribution in [1.82, 2.24) is 0 Å². The highest BCUT2D eigenvalue weighted by molar-refractivity contribution is 6.98. The molecule has 274 valence electrons. The highest BCUT2D eigenvalue weighted by Crippen LogP contribution is 2.46. The normalized spacial score (nSPS) is 13.0. The zero-order chi connectivity index (χ0) is 39.2. The number of benzene rings is 8. The second-order valence-corrected chi connectivity index (χ2v) is 17.6. The minimum absolute atomic E-state index is 0.0226. The summed E-state index contributed by atoms with van der Waals surface area (Å²) in [6.45, 7) is 13.5. The summed E-state index contributed by atoms with van der Waals surface area (Å²) < 4.78 is 13.7. The first-order valence-corrected chi connectivity index (χ1v) is 19.8. The lowest BCUT2D eigenvalue weighted by molar-refractivity contribution is 0.464. The van der Waals surface area contributed by atoms with Crippen LogP contribution in [0.1, 0.15) is 58.2 Å². The van der Waals surface area contributed by atoms with Crippen LogP contribution in [0.4, 0.5) is 0 Å². The molecule has 0 N–H and O–H groups in total. The predicted molar refractivity (Wildman–Crippen MR) is 238 cm³/mol. The number of rotatable bonds is 3. The lowest BCUT2D eigenvalue weighted by Gasteiger charge is -2.35. The molecule has 3 nitrogen and oxygen atoms in total. The average molecular weight is 736 g/mol. The summed E-state index contributed by atoms with van der Waals surface area (Å²) >= 11 is 0. The number of hydrogen-bond donors (Lipinski definition) is 0. The minimum atomic E-state index is -0.0528. The van der Waals surface area contributed by atoms with E-state index < -0.39 is 0 Å². The first-order valence-electron chi connectivity index (χ1n) is 19.8. The van der Waals surface area contributed by atoms with Crippen molar-refractivity contribution in [2.75, 3.05) is 0 Å². The summed E-state index contributed by atoms with van der Waals surface area (Å²) in [7, 11) is 0. The van der Waals surface area contributed by atoms with Crippen LogP contribution in [0.5, 0.6) is 23.0 Å². The molecule has 0 aliphatic carbocycles. The monoisotopic (exact) mass is 735 g/mol. The Labute approximate surface area is 335 Å². The van der Waals surface area contributed by atoms with Crippen molar-refractivity contribution in [2.24, 2.45) is 0 Å². The van der Waals surface area contributed by atoms with Crippen molar-refractivity contribution in [3.8, 4) is 62.4 Å². The third kappa shape index (κ3) is 5.72. The summed E-state index contributed by atoms with van der Waals surface area (Å²) in [6, 6.07) is 54.2. The van der Waals surface area contributed by atoms with Crippen LogP contribution in [-0.2, 0) is 10.8 Å². The molecule has 10 rings (SSSR count). The van der Waals surface area contributed by atoms with E-state index in [1.165, 1.54) is 33.0 Å². The summed E-state index contributed by atoms with van der Waals surface area (Å²) in [5.41, 5.74) is 12.8. The van der Waals surface area contributed by atoms with Crippen molar-refractivity contribution in [3.05, 3.63) is 162 Å². The van der Waals surface area contributed by atoms with E-state index in [0.29, 0.717) is 5.56 Å². The average Bonchev–Trinajstić information content (AvgIpc) is 3.21. The quantitative estimate of drug-likeness (QED) is 0.134. The molecule has 57 heavy (non-hydrogen) atoms. The molecule has 0 radical (unpaired) electrons. The zero-order valence-corrected chi connectivity index (χ0v) is 33.2. The van der Waals surface area contributed by atoms with E-state index in [9.17, 15) is 5.26 Å². The largest absolute Gasteiger partial charge is 0.458 e.